The van der Waals surface area contributed by atoms with Gasteiger partial charge in [0.05, 0.1) is 19.7 Å². The van der Waals surface area contributed by atoms with Crippen LogP contribution in [0.25, 0.3) is 10.9 Å². The van der Waals surface area contributed by atoms with E-state index in [1.54, 1.807) is 26.2 Å². The summed E-state index contributed by atoms with van der Waals surface area (Å²) in [5, 5.41) is 7.96. The summed E-state index contributed by atoms with van der Waals surface area (Å²) in [6.45, 7) is 3.50. The molecule has 1 aliphatic heterocycles. The van der Waals surface area contributed by atoms with Gasteiger partial charge in [0, 0.05) is 56.8 Å². The molecular weight excluding hydrogens is 492 g/mol. The molecule has 10 heteroatoms. The van der Waals surface area contributed by atoms with Crippen molar-refractivity contribution in [2.45, 2.75) is 63.5 Å². The van der Waals surface area contributed by atoms with E-state index in [2.05, 4.69) is 15.5 Å². The lowest BCUT2D eigenvalue weighted by Gasteiger charge is -2.39. The first-order chi connectivity index (χ1) is 18.0. The first kappa shape index (κ1) is 27.5. The Morgan fingerprint density at radius 3 is 2.46 bits per heavy atom. The number of halogens is 1. The van der Waals surface area contributed by atoms with Gasteiger partial charge in [0.1, 0.15) is 11.7 Å². The van der Waals surface area contributed by atoms with Crippen LogP contribution in [0.3, 0.4) is 0 Å². The lowest BCUT2D eigenvalue weighted by molar-refractivity contribution is -0.127. The zero-order valence-corrected chi connectivity index (χ0v) is 23.1. The number of likely N-dealkylation sites (tertiary alicyclic amines) is 1. The van der Waals surface area contributed by atoms with Gasteiger partial charge in [-0.3, -0.25) is 4.79 Å². The second kappa shape index (κ2) is 13.3. The van der Waals surface area contributed by atoms with E-state index >= 15 is 0 Å². The molecule has 204 valence electrons. The van der Waals surface area contributed by atoms with Crippen LogP contribution < -0.4 is 20.1 Å². The molecule has 2 fully saturated rings. The summed E-state index contributed by atoms with van der Waals surface area (Å²) in [6, 6.07) is 4.96. The minimum absolute atomic E-state index is 0.00236. The Labute approximate surface area is 225 Å². The minimum Gasteiger partial charge on any atom is -0.493 e. The van der Waals surface area contributed by atoms with Crippen LogP contribution in [0.1, 0.15) is 51.4 Å². The van der Waals surface area contributed by atoms with Gasteiger partial charge in [-0.1, -0.05) is 19.3 Å². The summed E-state index contributed by atoms with van der Waals surface area (Å²) < 4.78 is 11.1. The fourth-order valence-corrected chi connectivity index (χ4v) is 5.64. The van der Waals surface area contributed by atoms with Crippen molar-refractivity contribution in [1.82, 2.24) is 19.8 Å². The van der Waals surface area contributed by atoms with Crippen LogP contribution in [0.4, 0.5) is 11.8 Å². The van der Waals surface area contributed by atoms with Crippen molar-refractivity contribution in [3.8, 4) is 11.5 Å². The maximum Gasteiger partial charge on any atom is 0.237 e. The fraction of sp³-hybridized carbons (Fsp3) is 0.667. The molecule has 2 heterocycles. The maximum atomic E-state index is 11.7. The number of aromatic nitrogens is 2. The molecule has 1 saturated heterocycles. The lowest BCUT2D eigenvalue weighted by atomic mass is 9.92. The largest absolute Gasteiger partial charge is 0.493 e. The first-order valence-corrected chi connectivity index (χ1v) is 14.0. The number of nitrogens with zero attached hydrogens (tertiary/aromatic N) is 4. The van der Waals surface area contributed by atoms with Gasteiger partial charge >= 0.3 is 0 Å². The Balaban J connectivity index is 1.47. The average Bonchev–Trinajstić information content (AvgIpc) is 2.94. The van der Waals surface area contributed by atoms with E-state index in [-0.39, 0.29) is 11.8 Å². The minimum atomic E-state index is -0.0781. The summed E-state index contributed by atoms with van der Waals surface area (Å²) in [5.74, 6) is 2.56. The van der Waals surface area contributed by atoms with Crippen molar-refractivity contribution in [1.29, 1.82) is 0 Å². The van der Waals surface area contributed by atoms with Crippen molar-refractivity contribution in [2.75, 3.05) is 64.0 Å². The molecular formula is C27H41ClN6O3. The smallest absolute Gasteiger partial charge is 0.237 e. The van der Waals surface area contributed by atoms with Crippen molar-refractivity contribution in [2.24, 2.45) is 0 Å². The Kier molecular flexibility index (Phi) is 9.91. The van der Waals surface area contributed by atoms with Crippen molar-refractivity contribution < 1.29 is 14.3 Å². The Hall–Kier alpha value is -2.52. The number of carbonyl (C=O) groups is 1. The van der Waals surface area contributed by atoms with Gasteiger partial charge in [-0.15, -0.1) is 11.6 Å². The molecule has 9 nitrogen and oxygen atoms in total. The average molecular weight is 533 g/mol. The molecule has 1 saturated carbocycles. The Bertz CT molecular complexity index is 1040. The van der Waals surface area contributed by atoms with E-state index in [1.165, 1.54) is 32.1 Å². The monoisotopic (exact) mass is 532 g/mol. The topological polar surface area (TPSA) is 91.8 Å². The molecule has 1 aromatic carbocycles. The van der Waals surface area contributed by atoms with Gasteiger partial charge in [-0.25, -0.2) is 4.98 Å². The second-order valence-corrected chi connectivity index (χ2v) is 10.4. The second-order valence-electron chi connectivity index (χ2n) is 10.1. The summed E-state index contributed by atoms with van der Waals surface area (Å²) in [4.78, 5) is 25.6. The summed E-state index contributed by atoms with van der Waals surface area (Å²) in [7, 11) is 5.03. The highest BCUT2D eigenvalue weighted by Gasteiger charge is 2.27. The zero-order chi connectivity index (χ0) is 26.2. The van der Waals surface area contributed by atoms with Crippen LogP contribution in [-0.2, 0) is 4.79 Å². The number of methoxy groups -OCH3 is 2. The number of ether oxygens (including phenoxy) is 2. The van der Waals surface area contributed by atoms with Crippen molar-refractivity contribution in [3.05, 3.63) is 12.1 Å². The summed E-state index contributed by atoms with van der Waals surface area (Å²) >= 11 is 5.65. The number of anilines is 2. The first-order valence-electron chi connectivity index (χ1n) is 13.5. The highest BCUT2D eigenvalue weighted by atomic mass is 35.5. The number of carbonyl (C=O) groups excluding carboxylic acids is 1. The van der Waals surface area contributed by atoms with Crippen LogP contribution in [-0.4, -0.2) is 91.1 Å². The molecule has 1 amide bonds. The zero-order valence-electron chi connectivity index (χ0n) is 22.4. The summed E-state index contributed by atoms with van der Waals surface area (Å²) in [5.41, 5.74) is 0.784. The molecule has 1 aliphatic carbocycles. The molecule has 2 aromatic rings. The highest BCUT2D eigenvalue weighted by Crippen LogP contribution is 2.35. The van der Waals surface area contributed by atoms with Crippen molar-refractivity contribution >= 4 is 40.2 Å². The van der Waals surface area contributed by atoms with Gasteiger partial charge in [0.15, 0.2) is 11.5 Å². The predicted octanol–water partition coefficient (Wildman–Crippen LogP) is 4.36. The molecule has 0 bridgehead atoms. The van der Waals surface area contributed by atoms with E-state index in [0.717, 1.165) is 55.1 Å². The molecule has 0 unspecified atom stereocenters. The number of hydrogen-bond acceptors (Lipinski definition) is 8. The molecule has 4 rings (SSSR count). The van der Waals surface area contributed by atoms with Crippen LogP contribution in [0.2, 0.25) is 0 Å². The molecule has 37 heavy (non-hydrogen) atoms. The number of nitrogens with one attached hydrogen (secondary N) is 2. The van der Waals surface area contributed by atoms with E-state index in [9.17, 15) is 4.79 Å². The normalized spacial score (nSPS) is 17.5. The van der Waals surface area contributed by atoms with E-state index in [0.29, 0.717) is 36.6 Å². The molecule has 0 atom stereocenters. The maximum absolute atomic E-state index is 11.7. The van der Waals surface area contributed by atoms with Gasteiger partial charge in [0.2, 0.25) is 11.9 Å². The van der Waals surface area contributed by atoms with E-state index in [1.807, 2.05) is 12.1 Å². The number of piperidine rings is 1. The van der Waals surface area contributed by atoms with Gasteiger partial charge in [0.25, 0.3) is 0 Å². The molecule has 0 radical (unpaired) electrons. The Morgan fingerprint density at radius 1 is 1.08 bits per heavy atom. The van der Waals surface area contributed by atoms with Crippen molar-refractivity contribution in [3.63, 3.8) is 0 Å². The van der Waals surface area contributed by atoms with Gasteiger partial charge < -0.3 is 29.9 Å². The molecule has 2 N–H and O–H groups in total. The lowest BCUT2D eigenvalue weighted by Crippen LogP contribution is -2.45. The standard InChI is InChI=1S/C27H41ClN6O3/c1-33(25(35)18-28)13-7-12-29-27-31-22-17-24(37-3)23(36-2)16-21(22)26(32-27)30-19-10-14-34(15-11-19)20-8-5-4-6-9-20/h16-17,19-20H,4-15,18H2,1-3H3,(H2,29,30,31,32). The fourth-order valence-electron chi connectivity index (χ4n) is 5.44. The van der Waals surface area contributed by atoms with E-state index in [4.69, 9.17) is 31.0 Å². The van der Waals surface area contributed by atoms with Gasteiger partial charge in [-0.2, -0.15) is 4.98 Å². The van der Waals surface area contributed by atoms with Crippen LogP contribution >= 0.6 is 11.6 Å². The Morgan fingerprint density at radius 2 is 1.78 bits per heavy atom. The molecule has 2 aliphatic rings. The van der Waals surface area contributed by atoms with E-state index < -0.39 is 0 Å². The molecule has 0 spiro atoms. The third kappa shape index (κ3) is 7.08. The molecule has 1 aromatic heterocycles. The summed E-state index contributed by atoms with van der Waals surface area (Å²) in [6.07, 6.45) is 9.78. The SMILES string of the molecule is COc1cc2nc(NCCCN(C)C(=O)CCl)nc(NC3CCN(C4CCCCC4)CC3)c2cc1OC. The number of fused-ring (bicyclic) bond motifs is 1. The van der Waals surface area contributed by atoms with Gasteiger partial charge in [-0.05, 0) is 38.2 Å². The number of rotatable bonds is 11. The predicted molar refractivity (Wildman–Crippen MR) is 149 cm³/mol. The number of amides is 1. The highest BCUT2D eigenvalue weighted by molar-refractivity contribution is 6.27. The third-order valence-corrected chi connectivity index (χ3v) is 7.88. The number of alkyl halides is 1. The number of hydrogen-bond donors (Lipinski definition) is 2. The van der Waals surface area contributed by atoms with Crippen LogP contribution in [0, 0.1) is 0 Å². The third-order valence-electron chi connectivity index (χ3n) is 7.66. The van der Waals surface area contributed by atoms with Crippen LogP contribution in [0.5, 0.6) is 11.5 Å². The van der Waals surface area contributed by atoms with Crippen LogP contribution in [0.15, 0.2) is 12.1 Å². The quantitative estimate of drug-likeness (QED) is 0.326. The number of benzene rings is 1.